The number of aliphatic carboxylic acids is 2. The monoisotopic (exact) mass is 379 g/mol. The molecule has 2 N–H and O–H groups in total. The molecule has 0 saturated heterocycles. The number of carboxylic acids is 2. The van der Waals surface area contributed by atoms with Gasteiger partial charge in [0.15, 0.2) is 6.29 Å². The van der Waals surface area contributed by atoms with Crippen molar-refractivity contribution < 1.29 is 33.0 Å². The summed E-state index contributed by atoms with van der Waals surface area (Å²) in [7, 11) is -4.13. The van der Waals surface area contributed by atoms with Crippen LogP contribution in [-0.4, -0.2) is 40.8 Å². The normalized spacial score (nSPS) is 11.3. The van der Waals surface area contributed by atoms with Gasteiger partial charge in [-0.1, -0.05) is 17.7 Å². The molecule has 138 valence electrons. The molecule has 8 nitrogen and oxygen atoms in total. The highest BCUT2D eigenvalue weighted by molar-refractivity contribution is 7.90. The van der Waals surface area contributed by atoms with Crippen molar-refractivity contribution >= 4 is 28.2 Å². The first-order valence-corrected chi connectivity index (χ1v) is 9.05. The number of aryl methyl sites for hydroxylation is 2. The van der Waals surface area contributed by atoms with Gasteiger partial charge in [-0.2, -0.15) is 0 Å². The summed E-state index contributed by atoms with van der Waals surface area (Å²) in [6, 6.07) is 5.96. The molecule has 0 aliphatic heterocycles. The lowest BCUT2D eigenvalue weighted by Gasteiger charge is -2.08. The Balaban J connectivity index is 2.63. The number of carbonyl (C=O) groups excluding carboxylic acids is 1. The summed E-state index contributed by atoms with van der Waals surface area (Å²) in [5.41, 5.74) is 0.742. The van der Waals surface area contributed by atoms with Crippen molar-refractivity contribution in [1.29, 1.82) is 0 Å². The molecule has 2 rings (SSSR count). The first kappa shape index (κ1) is 19.4. The molecule has 1 aromatic heterocycles. The second kappa shape index (κ2) is 7.52. The smallest absolute Gasteiger partial charge is 0.307 e. The maximum absolute atomic E-state index is 12.9. The van der Waals surface area contributed by atoms with Gasteiger partial charge in [-0.3, -0.25) is 14.4 Å². The molecule has 26 heavy (non-hydrogen) atoms. The van der Waals surface area contributed by atoms with E-state index in [9.17, 15) is 22.8 Å². The van der Waals surface area contributed by atoms with Gasteiger partial charge in [0.1, 0.15) is 5.69 Å². The number of hydrogen-bond acceptors (Lipinski definition) is 5. The highest BCUT2D eigenvalue weighted by Gasteiger charge is 2.26. The lowest BCUT2D eigenvalue weighted by atomic mass is 10.0. The molecule has 0 fully saturated rings. The number of nitrogens with zero attached hydrogens (tertiary/aromatic N) is 1. The first-order valence-electron chi connectivity index (χ1n) is 7.61. The van der Waals surface area contributed by atoms with E-state index in [4.69, 9.17) is 10.2 Å². The van der Waals surface area contributed by atoms with Crippen LogP contribution in [0.25, 0.3) is 0 Å². The SMILES string of the molecule is Cc1ccc(S(=O)(=O)n2cc(CCC(=O)O)c(CC(=O)O)c2C=O)cc1. The van der Waals surface area contributed by atoms with Crippen molar-refractivity contribution in [2.45, 2.75) is 31.1 Å². The Kier molecular flexibility index (Phi) is 5.61. The lowest BCUT2D eigenvalue weighted by molar-refractivity contribution is -0.137. The highest BCUT2D eigenvalue weighted by Crippen LogP contribution is 2.24. The zero-order valence-electron chi connectivity index (χ0n) is 13.9. The predicted octanol–water partition coefficient (Wildman–Crippen LogP) is 1.49. The zero-order valence-corrected chi connectivity index (χ0v) is 14.7. The Bertz CT molecular complexity index is 956. The van der Waals surface area contributed by atoms with Gasteiger partial charge in [-0.05, 0) is 36.6 Å². The Labute approximate surface area is 149 Å². The third kappa shape index (κ3) is 3.99. The minimum Gasteiger partial charge on any atom is -0.481 e. The molecule has 0 bridgehead atoms. The molecule has 1 heterocycles. The molecule has 0 saturated carbocycles. The molecule has 0 amide bonds. The molecule has 0 atom stereocenters. The van der Waals surface area contributed by atoms with Crippen molar-refractivity contribution in [2.24, 2.45) is 0 Å². The van der Waals surface area contributed by atoms with Crippen LogP contribution in [-0.2, 0) is 32.5 Å². The number of carboxylic acid groups (broad SMARTS) is 2. The topological polar surface area (TPSA) is 131 Å². The first-order chi connectivity index (χ1) is 12.2. The summed E-state index contributed by atoms with van der Waals surface area (Å²) in [6.07, 6.45) is 0.405. The summed E-state index contributed by atoms with van der Waals surface area (Å²) < 4.78 is 26.4. The van der Waals surface area contributed by atoms with Crippen molar-refractivity contribution in [3.63, 3.8) is 0 Å². The van der Waals surface area contributed by atoms with E-state index in [0.717, 1.165) is 15.7 Å². The minimum absolute atomic E-state index is 0.00411. The molecule has 0 radical (unpaired) electrons. The van der Waals surface area contributed by atoms with E-state index in [1.54, 1.807) is 19.1 Å². The molecular formula is C17H17NO7S. The summed E-state index contributed by atoms with van der Waals surface area (Å²) in [4.78, 5) is 33.4. The van der Waals surface area contributed by atoms with Crippen LogP contribution in [0, 0.1) is 6.92 Å². The zero-order chi connectivity index (χ0) is 19.5. The Morgan fingerprint density at radius 3 is 2.23 bits per heavy atom. The van der Waals surface area contributed by atoms with Gasteiger partial charge >= 0.3 is 11.9 Å². The fraction of sp³-hybridized carbons (Fsp3) is 0.235. The maximum Gasteiger partial charge on any atom is 0.307 e. The number of carbonyl (C=O) groups is 3. The van der Waals surface area contributed by atoms with Crippen LogP contribution in [0.2, 0.25) is 0 Å². The molecule has 1 aromatic carbocycles. The van der Waals surface area contributed by atoms with Gasteiger partial charge in [0.05, 0.1) is 11.3 Å². The Morgan fingerprint density at radius 2 is 1.73 bits per heavy atom. The average Bonchev–Trinajstić information content (AvgIpc) is 2.91. The Morgan fingerprint density at radius 1 is 1.12 bits per heavy atom. The fourth-order valence-corrected chi connectivity index (χ4v) is 3.93. The number of benzene rings is 1. The third-order valence-electron chi connectivity index (χ3n) is 3.83. The Hall–Kier alpha value is -2.94. The number of aldehydes is 1. The second-order valence-electron chi connectivity index (χ2n) is 5.71. The van der Waals surface area contributed by atoms with Crippen LogP contribution in [0.3, 0.4) is 0 Å². The highest BCUT2D eigenvalue weighted by atomic mass is 32.2. The van der Waals surface area contributed by atoms with E-state index in [-0.39, 0.29) is 40.8 Å². The number of aromatic nitrogens is 1. The second-order valence-corrected chi connectivity index (χ2v) is 7.53. The van der Waals surface area contributed by atoms with Gasteiger partial charge in [-0.25, -0.2) is 12.4 Å². The fourth-order valence-electron chi connectivity index (χ4n) is 2.54. The van der Waals surface area contributed by atoms with Gasteiger partial charge in [-0.15, -0.1) is 0 Å². The molecule has 0 spiro atoms. The van der Waals surface area contributed by atoms with Crippen molar-refractivity contribution in [3.05, 3.63) is 52.8 Å². The largest absolute Gasteiger partial charge is 0.481 e. The molecule has 0 aliphatic rings. The van der Waals surface area contributed by atoms with Crippen LogP contribution in [0.5, 0.6) is 0 Å². The predicted molar refractivity (Wildman–Crippen MR) is 90.9 cm³/mol. The van der Waals surface area contributed by atoms with Gasteiger partial charge in [0.2, 0.25) is 0 Å². The van der Waals surface area contributed by atoms with E-state index in [2.05, 4.69) is 0 Å². The number of rotatable bonds is 8. The van der Waals surface area contributed by atoms with Crippen LogP contribution in [0.15, 0.2) is 35.4 Å². The van der Waals surface area contributed by atoms with Crippen molar-refractivity contribution in [3.8, 4) is 0 Å². The van der Waals surface area contributed by atoms with E-state index in [1.165, 1.54) is 12.1 Å². The summed E-state index contributed by atoms with van der Waals surface area (Å²) in [5, 5.41) is 17.9. The summed E-state index contributed by atoms with van der Waals surface area (Å²) in [5.74, 6) is -2.37. The van der Waals surface area contributed by atoms with Gasteiger partial charge in [0.25, 0.3) is 10.0 Å². The van der Waals surface area contributed by atoms with Crippen LogP contribution >= 0.6 is 0 Å². The van der Waals surface area contributed by atoms with Gasteiger partial charge in [0, 0.05) is 12.6 Å². The molecule has 9 heteroatoms. The summed E-state index contributed by atoms with van der Waals surface area (Å²) >= 11 is 0. The van der Waals surface area contributed by atoms with Crippen LogP contribution < -0.4 is 0 Å². The van der Waals surface area contributed by atoms with E-state index >= 15 is 0 Å². The molecule has 0 unspecified atom stereocenters. The molecule has 0 aliphatic carbocycles. The van der Waals surface area contributed by atoms with E-state index in [1.807, 2.05) is 0 Å². The maximum atomic E-state index is 12.9. The van der Waals surface area contributed by atoms with Crippen LogP contribution in [0.1, 0.15) is 33.6 Å². The standard InChI is InChI=1S/C17H17NO7S/c1-11-2-5-13(6-3-11)26(24,25)18-9-12(4-7-16(20)21)14(8-17(22)23)15(18)10-19/h2-3,5-6,9-10H,4,7-8H2,1H3,(H,20,21)(H,22,23). The van der Waals surface area contributed by atoms with Crippen molar-refractivity contribution in [2.75, 3.05) is 0 Å². The number of hydrogen-bond donors (Lipinski definition) is 2. The molecular weight excluding hydrogens is 362 g/mol. The van der Waals surface area contributed by atoms with Gasteiger partial charge < -0.3 is 10.2 Å². The van der Waals surface area contributed by atoms with Crippen LogP contribution in [0.4, 0.5) is 0 Å². The lowest BCUT2D eigenvalue weighted by Crippen LogP contribution is -2.16. The average molecular weight is 379 g/mol. The third-order valence-corrected chi connectivity index (χ3v) is 5.52. The molecule has 2 aromatic rings. The quantitative estimate of drug-likeness (QED) is 0.664. The van der Waals surface area contributed by atoms with E-state index in [0.29, 0.717) is 0 Å². The summed E-state index contributed by atoms with van der Waals surface area (Å²) in [6.45, 7) is 1.79. The van der Waals surface area contributed by atoms with E-state index < -0.39 is 28.4 Å². The van der Waals surface area contributed by atoms with Crippen molar-refractivity contribution in [1.82, 2.24) is 3.97 Å². The minimum atomic E-state index is -4.13.